The second-order valence-corrected chi connectivity index (χ2v) is 3.67. The number of halogens is 1. The first-order valence-corrected chi connectivity index (χ1v) is 4.85. The number of hydrogen-bond acceptors (Lipinski definition) is 1. The Bertz CT molecular complexity index is 487. The van der Waals surface area contributed by atoms with E-state index in [1.54, 1.807) is 6.07 Å². The molecule has 2 aromatic rings. The highest BCUT2D eigenvalue weighted by Crippen LogP contribution is 2.26. The molecule has 2 nitrogen and oxygen atoms in total. The monoisotopic (exact) mass is 190 g/mol. The summed E-state index contributed by atoms with van der Waals surface area (Å²) >= 11 is 0. The highest BCUT2D eigenvalue weighted by Gasteiger charge is 2.16. The van der Waals surface area contributed by atoms with Crippen molar-refractivity contribution >= 4 is 10.9 Å². The van der Waals surface area contributed by atoms with Gasteiger partial charge in [-0.1, -0.05) is 6.07 Å². The minimum atomic E-state index is -0.109. The van der Waals surface area contributed by atoms with Crippen molar-refractivity contribution in [2.75, 3.05) is 6.54 Å². The van der Waals surface area contributed by atoms with Crippen molar-refractivity contribution in [1.29, 1.82) is 0 Å². The van der Waals surface area contributed by atoms with Crippen LogP contribution in [0.5, 0.6) is 0 Å². The molecular formula is C11H11FN2. The zero-order valence-electron chi connectivity index (χ0n) is 7.73. The standard InChI is InChI=1S/C11H11FN2/c12-8-2-1-3-9-11(8)7-4-5-13-6-10(7)14-9/h1-3,13-14H,4-6H2. The lowest BCUT2D eigenvalue weighted by Crippen LogP contribution is -2.23. The summed E-state index contributed by atoms with van der Waals surface area (Å²) in [4.78, 5) is 3.25. The van der Waals surface area contributed by atoms with Crippen molar-refractivity contribution in [3.05, 3.63) is 35.3 Å². The van der Waals surface area contributed by atoms with Crippen LogP contribution in [0.15, 0.2) is 18.2 Å². The van der Waals surface area contributed by atoms with Crippen LogP contribution < -0.4 is 5.32 Å². The summed E-state index contributed by atoms with van der Waals surface area (Å²) in [6.45, 7) is 1.76. The smallest absolute Gasteiger partial charge is 0.132 e. The zero-order chi connectivity index (χ0) is 9.54. The van der Waals surface area contributed by atoms with Gasteiger partial charge in [-0.05, 0) is 30.7 Å². The van der Waals surface area contributed by atoms with Crippen LogP contribution in [0.3, 0.4) is 0 Å². The number of nitrogens with one attached hydrogen (secondary N) is 2. The maximum Gasteiger partial charge on any atom is 0.132 e. The van der Waals surface area contributed by atoms with Crippen LogP contribution in [0, 0.1) is 5.82 Å². The average molecular weight is 190 g/mol. The highest BCUT2D eigenvalue weighted by atomic mass is 19.1. The molecule has 1 aliphatic heterocycles. The van der Waals surface area contributed by atoms with E-state index in [2.05, 4.69) is 10.3 Å². The molecule has 0 spiro atoms. The average Bonchev–Trinajstić information content (AvgIpc) is 2.57. The van der Waals surface area contributed by atoms with Crippen molar-refractivity contribution in [3.8, 4) is 0 Å². The van der Waals surface area contributed by atoms with Gasteiger partial charge in [0.25, 0.3) is 0 Å². The number of benzene rings is 1. The van der Waals surface area contributed by atoms with Gasteiger partial charge in [0.15, 0.2) is 0 Å². The van der Waals surface area contributed by atoms with Crippen molar-refractivity contribution in [1.82, 2.24) is 10.3 Å². The Balaban J connectivity index is 2.38. The van der Waals surface area contributed by atoms with Gasteiger partial charge in [-0.25, -0.2) is 4.39 Å². The fraction of sp³-hybridized carbons (Fsp3) is 0.273. The number of aromatic amines is 1. The molecule has 3 rings (SSSR count). The number of aromatic nitrogens is 1. The summed E-state index contributed by atoms with van der Waals surface area (Å²) in [5, 5.41) is 4.05. The third-order valence-electron chi connectivity index (χ3n) is 2.82. The maximum absolute atomic E-state index is 13.6. The van der Waals surface area contributed by atoms with E-state index in [1.807, 2.05) is 6.07 Å². The van der Waals surface area contributed by atoms with Crippen LogP contribution in [-0.4, -0.2) is 11.5 Å². The molecule has 0 bridgehead atoms. The third-order valence-corrected chi connectivity index (χ3v) is 2.82. The predicted octanol–water partition coefficient (Wildman–Crippen LogP) is 1.95. The Hall–Kier alpha value is -1.35. The Morgan fingerprint density at radius 1 is 1.29 bits per heavy atom. The van der Waals surface area contributed by atoms with E-state index in [4.69, 9.17) is 0 Å². The van der Waals surface area contributed by atoms with Crippen molar-refractivity contribution in [3.63, 3.8) is 0 Å². The summed E-state index contributed by atoms with van der Waals surface area (Å²) in [6.07, 6.45) is 0.913. The molecule has 0 unspecified atom stereocenters. The molecule has 0 saturated heterocycles. The number of fused-ring (bicyclic) bond motifs is 3. The molecule has 0 saturated carbocycles. The molecule has 72 valence electrons. The molecule has 2 N–H and O–H groups in total. The van der Waals surface area contributed by atoms with Crippen LogP contribution in [0.1, 0.15) is 11.3 Å². The molecule has 0 amide bonds. The molecule has 1 aromatic carbocycles. The first-order valence-electron chi connectivity index (χ1n) is 4.85. The van der Waals surface area contributed by atoms with Gasteiger partial charge in [-0.15, -0.1) is 0 Å². The van der Waals surface area contributed by atoms with Crippen LogP contribution in [0.2, 0.25) is 0 Å². The van der Waals surface area contributed by atoms with E-state index >= 15 is 0 Å². The van der Waals surface area contributed by atoms with Gasteiger partial charge < -0.3 is 10.3 Å². The van der Waals surface area contributed by atoms with E-state index in [0.717, 1.165) is 41.7 Å². The Labute approximate surface area is 81.1 Å². The molecule has 14 heavy (non-hydrogen) atoms. The second kappa shape index (κ2) is 2.82. The quantitative estimate of drug-likeness (QED) is 0.653. The van der Waals surface area contributed by atoms with Crippen LogP contribution in [0.25, 0.3) is 10.9 Å². The normalized spacial score (nSPS) is 15.8. The molecule has 1 aromatic heterocycles. The molecule has 0 fully saturated rings. The zero-order valence-corrected chi connectivity index (χ0v) is 7.73. The first-order chi connectivity index (χ1) is 6.86. The fourth-order valence-corrected chi connectivity index (χ4v) is 2.18. The summed E-state index contributed by atoms with van der Waals surface area (Å²) in [7, 11) is 0. The van der Waals surface area contributed by atoms with E-state index in [9.17, 15) is 4.39 Å². The predicted molar refractivity (Wildman–Crippen MR) is 53.7 cm³/mol. The molecule has 0 aliphatic carbocycles. The van der Waals surface area contributed by atoms with Gasteiger partial charge in [-0.3, -0.25) is 0 Å². The van der Waals surface area contributed by atoms with E-state index in [-0.39, 0.29) is 5.82 Å². The third kappa shape index (κ3) is 0.990. The SMILES string of the molecule is Fc1cccc2[nH]c3c(c12)CCNC3. The van der Waals surface area contributed by atoms with Gasteiger partial charge in [0, 0.05) is 23.1 Å². The summed E-state index contributed by atoms with van der Waals surface area (Å²) in [5.41, 5.74) is 3.20. The fourth-order valence-electron chi connectivity index (χ4n) is 2.18. The number of hydrogen-bond donors (Lipinski definition) is 2. The highest BCUT2D eigenvalue weighted by molar-refractivity contribution is 5.85. The van der Waals surface area contributed by atoms with E-state index in [0.29, 0.717) is 0 Å². The van der Waals surface area contributed by atoms with Gasteiger partial charge >= 0.3 is 0 Å². The number of rotatable bonds is 0. The molecule has 1 aliphatic rings. The van der Waals surface area contributed by atoms with Crippen molar-refractivity contribution in [2.24, 2.45) is 0 Å². The molecule has 3 heteroatoms. The largest absolute Gasteiger partial charge is 0.357 e. The minimum absolute atomic E-state index is 0.109. The lowest BCUT2D eigenvalue weighted by atomic mass is 10.0. The first kappa shape index (κ1) is 8.00. The van der Waals surface area contributed by atoms with E-state index in [1.165, 1.54) is 6.07 Å². The Morgan fingerprint density at radius 2 is 2.21 bits per heavy atom. The Morgan fingerprint density at radius 3 is 3.14 bits per heavy atom. The van der Waals surface area contributed by atoms with Gasteiger partial charge in [0.1, 0.15) is 5.82 Å². The van der Waals surface area contributed by atoms with Gasteiger partial charge in [0.05, 0.1) is 0 Å². The molecule has 0 radical (unpaired) electrons. The van der Waals surface area contributed by atoms with Crippen LogP contribution in [-0.2, 0) is 13.0 Å². The summed E-state index contributed by atoms with van der Waals surface area (Å²) < 4.78 is 13.6. The van der Waals surface area contributed by atoms with Gasteiger partial charge in [-0.2, -0.15) is 0 Å². The molecule has 0 atom stereocenters. The van der Waals surface area contributed by atoms with Crippen LogP contribution in [0.4, 0.5) is 4.39 Å². The maximum atomic E-state index is 13.6. The lowest BCUT2D eigenvalue weighted by Gasteiger charge is -2.12. The summed E-state index contributed by atoms with van der Waals surface area (Å²) in [5.74, 6) is -0.109. The minimum Gasteiger partial charge on any atom is -0.357 e. The Kier molecular flexibility index (Phi) is 1.61. The second-order valence-electron chi connectivity index (χ2n) is 3.67. The molecular weight excluding hydrogens is 179 g/mol. The summed E-state index contributed by atoms with van der Waals surface area (Å²) in [6, 6.07) is 5.20. The van der Waals surface area contributed by atoms with E-state index < -0.39 is 0 Å². The van der Waals surface area contributed by atoms with Gasteiger partial charge in [0.2, 0.25) is 0 Å². The van der Waals surface area contributed by atoms with Crippen molar-refractivity contribution < 1.29 is 4.39 Å². The van der Waals surface area contributed by atoms with Crippen molar-refractivity contribution in [2.45, 2.75) is 13.0 Å². The number of H-pyrrole nitrogens is 1. The van der Waals surface area contributed by atoms with Crippen LogP contribution >= 0.6 is 0 Å². The lowest BCUT2D eigenvalue weighted by molar-refractivity contribution is 0.625. The topological polar surface area (TPSA) is 27.8 Å². The molecule has 2 heterocycles.